The highest BCUT2D eigenvalue weighted by molar-refractivity contribution is 7.10. The Labute approximate surface area is 123 Å². The molecule has 2 heterocycles. The van der Waals surface area contributed by atoms with Crippen LogP contribution in [0.5, 0.6) is 0 Å². The van der Waals surface area contributed by atoms with Crippen molar-refractivity contribution >= 4 is 22.9 Å². The van der Waals surface area contributed by atoms with Gasteiger partial charge in [0, 0.05) is 29.2 Å². The molecule has 0 unspecified atom stereocenters. The molecule has 0 aliphatic heterocycles. The summed E-state index contributed by atoms with van der Waals surface area (Å²) in [5, 5.41) is 3.25. The summed E-state index contributed by atoms with van der Waals surface area (Å²) in [5.41, 5.74) is 4.01. The molecule has 2 aromatic heterocycles. The van der Waals surface area contributed by atoms with Gasteiger partial charge in [0.2, 0.25) is 5.95 Å². The third-order valence-corrected chi connectivity index (χ3v) is 3.44. The Morgan fingerprint density at radius 3 is 2.65 bits per heavy atom. The Kier molecular flexibility index (Phi) is 5.01. The maximum atomic E-state index is 4.19. The van der Waals surface area contributed by atoms with Crippen LogP contribution in [-0.2, 0) is 0 Å². The molecule has 0 atom stereocenters. The molecule has 2 rings (SSSR count). The molecule has 0 radical (unpaired) electrons. The van der Waals surface area contributed by atoms with Crippen LogP contribution in [0.4, 0.5) is 5.95 Å². The molecule has 0 fully saturated rings. The molecule has 0 amide bonds. The maximum absolute atomic E-state index is 4.19. The second-order valence-corrected chi connectivity index (χ2v) is 5.64. The van der Waals surface area contributed by atoms with Gasteiger partial charge in [0.25, 0.3) is 0 Å². The first-order valence-corrected chi connectivity index (χ1v) is 7.36. The van der Waals surface area contributed by atoms with Crippen molar-refractivity contribution in [1.29, 1.82) is 0 Å². The van der Waals surface area contributed by atoms with Crippen LogP contribution in [0, 0.1) is 5.92 Å². The van der Waals surface area contributed by atoms with Gasteiger partial charge < -0.3 is 5.32 Å². The van der Waals surface area contributed by atoms with Gasteiger partial charge in [0.1, 0.15) is 0 Å². The number of anilines is 1. The van der Waals surface area contributed by atoms with E-state index in [0.717, 1.165) is 10.6 Å². The van der Waals surface area contributed by atoms with Crippen molar-refractivity contribution in [2.75, 3.05) is 5.32 Å². The standard InChI is InChI=1S/C15H18N4S/c1-11(2)7-13(19-15-17-5-4-6-18-15)8-12(3)14-9-16-10-20-14/h4-11H,1-3H3,(H,17,18,19)/b12-8+,13-7+. The Balaban J connectivity index is 2.23. The molecule has 5 heteroatoms. The monoisotopic (exact) mass is 286 g/mol. The SMILES string of the molecule is C/C(=C\C(=C/C(C)C)Nc1ncccn1)c1cncs1. The first-order valence-electron chi connectivity index (χ1n) is 6.48. The summed E-state index contributed by atoms with van der Waals surface area (Å²) in [6, 6.07) is 1.80. The van der Waals surface area contributed by atoms with Crippen molar-refractivity contribution in [3.8, 4) is 0 Å². The van der Waals surface area contributed by atoms with E-state index in [9.17, 15) is 0 Å². The van der Waals surface area contributed by atoms with Crippen LogP contribution in [0.2, 0.25) is 0 Å². The Morgan fingerprint density at radius 2 is 2.05 bits per heavy atom. The van der Waals surface area contributed by atoms with E-state index in [4.69, 9.17) is 0 Å². The first kappa shape index (κ1) is 14.4. The quantitative estimate of drug-likeness (QED) is 0.844. The topological polar surface area (TPSA) is 50.7 Å². The molecule has 4 nitrogen and oxygen atoms in total. The largest absolute Gasteiger partial charge is 0.324 e. The van der Waals surface area contributed by atoms with Crippen molar-refractivity contribution in [2.45, 2.75) is 20.8 Å². The fraction of sp³-hybridized carbons (Fsp3) is 0.267. The van der Waals surface area contributed by atoms with Crippen LogP contribution < -0.4 is 5.32 Å². The van der Waals surface area contributed by atoms with Crippen LogP contribution in [-0.4, -0.2) is 15.0 Å². The summed E-state index contributed by atoms with van der Waals surface area (Å²) < 4.78 is 0. The lowest BCUT2D eigenvalue weighted by molar-refractivity contribution is 0.825. The molecule has 1 N–H and O–H groups in total. The first-order chi connectivity index (χ1) is 9.65. The van der Waals surface area contributed by atoms with Crippen LogP contribution in [0.25, 0.3) is 5.57 Å². The summed E-state index contributed by atoms with van der Waals surface area (Å²) in [6.45, 7) is 6.36. The summed E-state index contributed by atoms with van der Waals surface area (Å²) in [5.74, 6) is 1.04. The van der Waals surface area contributed by atoms with E-state index in [-0.39, 0.29) is 0 Å². The van der Waals surface area contributed by atoms with Gasteiger partial charge in [-0.15, -0.1) is 11.3 Å². The van der Waals surface area contributed by atoms with Crippen LogP contribution in [0.3, 0.4) is 0 Å². The third kappa shape index (κ3) is 4.28. The summed E-state index contributed by atoms with van der Waals surface area (Å²) >= 11 is 1.63. The molecule has 0 bridgehead atoms. The van der Waals surface area contributed by atoms with E-state index >= 15 is 0 Å². The fourth-order valence-corrected chi connectivity index (χ4v) is 2.29. The maximum Gasteiger partial charge on any atom is 0.227 e. The average molecular weight is 286 g/mol. The van der Waals surface area contributed by atoms with E-state index in [2.05, 4.69) is 53.2 Å². The van der Waals surface area contributed by atoms with Gasteiger partial charge in [0.15, 0.2) is 0 Å². The second-order valence-electron chi connectivity index (χ2n) is 4.76. The van der Waals surface area contributed by atoms with Gasteiger partial charge in [-0.2, -0.15) is 0 Å². The lowest BCUT2D eigenvalue weighted by Crippen LogP contribution is -2.03. The third-order valence-electron chi connectivity index (χ3n) is 2.53. The number of rotatable bonds is 5. The molecule has 0 aliphatic rings. The minimum absolute atomic E-state index is 0.437. The van der Waals surface area contributed by atoms with Crippen molar-refractivity contribution in [3.05, 3.63) is 52.9 Å². The molecule has 0 spiro atoms. The zero-order valence-electron chi connectivity index (χ0n) is 11.9. The summed E-state index contributed by atoms with van der Waals surface area (Å²) in [6.07, 6.45) is 9.58. The molecule has 20 heavy (non-hydrogen) atoms. The number of nitrogens with one attached hydrogen (secondary N) is 1. The zero-order chi connectivity index (χ0) is 14.4. The zero-order valence-corrected chi connectivity index (χ0v) is 12.7. The highest BCUT2D eigenvalue weighted by Crippen LogP contribution is 2.20. The molecular weight excluding hydrogens is 268 g/mol. The molecular formula is C15H18N4S. The molecule has 0 saturated heterocycles. The smallest absolute Gasteiger partial charge is 0.227 e. The Hall–Kier alpha value is -2.01. The Morgan fingerprint density at radius 1 is 1.30 bits per heavy atom. The van der Waals surface area contributed by atoms with E-state index < -0.39 is 0 Å². The molecule has 104 valence electrons. The molecule has 0 saturated carbocycles. The second kappa shape index (κ2) is 6.96. The van der Waals surface area contributed by atoms with Crippen molar-refractivity contribution in [3.63, 3.8) is 0 Å². The number of nitrogens with zero attached hydrogens (tertiary/aromatic N) is 3. The van der Waals surface area contributed by atoms with E-state index in [1.807, 2.05) is 11.7 Å². The van der Waals surface area contributed by atoms with E-state index in [1.54, 1.807) is 29.8 Å². The summed E-state index contributed by atoms with van der Waals surface area (Å²) in [4.78, 5) is 13.7. The number of hydrogen-bond donors (Lipinski definition) is 1. The normalized spacial score (nSPS) is 12.8. The lowest BCUT2D eigenvalue weighted by atomic mass is 10.1. The van der Waals surface area contributed by atoms with Gasteiger partial charge in [-0.1, -0.05) is 19.9 Å². The minimum Gasteiger partial charge on any atom is -0.324 e. The fourth-order valence-electron chi connectivity index (χ4n) is 1.69. The Bertz CT molecular complexity index is 586. The molecule has 0 aromatic carbocycles. The van der Waals surface area contributed by atoms with Gasteiger partial charge >= 0.3 is 0 Å². The van der Waals surface area contributed by atoms with Crippen LogP contribution >= 0.6 is 11.3 Å². The van der Waals surface area contributed by atoms with Gasteiger partial charge in [0.05, 0.1) is 5.51 Å². The highest BCUT2D eigenvalue weighted by atomic mass is 32.1. The number of hydrogen-bond acceptors (Lipinski definition) is 5. The van der Waals surface area contributed by atoms with Crippen molar-refractivity contribution in [2.24, 2.45) is 5.92 Å². The number of aromatic nitrogens is 3. The van der Waals surface area contributed by atoms with Gasteiger partial charge in [-0.3, -0.25) is 4.98 Å². The van der Waals surface area contributed by atoms with Gasteiger partial charge in [-0.25, -0.2) is 9.97 Å². The predicted molar refractivity (Wildman–Crippen MR) is 84.3 cm³/mol. The lowest BCUT2D eigenvalue weighted by Gasteiger charge is -2.08. The number of allylic oxidation sites excluding steroid dienone is 3. The molecule has 2 aromatic rings. The van der Waals surface area contributed by atoms with Crippen molar-refractivity contribution < 1.29 is 0 Å². The van der Waals surface area contributed by atoms with E-state index in [1.165, 1.54) is 5.57 Å². The van der Waals surface area contributed by atoms with E-state index in [0.29, 0.717) is 11.9 Å². The average Bonchev–Trinajstić information content (AvgIpc) is 2.93. The minimum atomic E-state index is 0.437. The van der Waals surface area contributed by atoms with Crippen LogP contribution in [0.15, 0.2) is 48.0 Å². The highest BCUT2D eigenvalue weighted by Gasteiger charge is 2.02. The van der Waals surface area contributed by atoms with Gasteiger partial charge in [-0.05, 0) is 30.6 Å². The van der Waals surface area contributed by atoms with Crippen molar-refractivity contribution in [1.82, 2.24) is 15.0 Å². The predicted octanol–water partition coefficient (Wildman–Crippen LogP) is 3.99. The number of thiazole rings is 1. The molecule has 0 aliphatic carbocycles. The van der Waals surface area contributed by atoms with Crippen LogP contribution in [0.1, 0.15) is 25.6 Å². The summed E-state index contributed by atoms with van der Waals surface area (Å²) in [7, 11) is 0.